The molecule has 2 rings (SSSR count). The first-order valence-corrected chi connectivity index (χ1v) is 5.96. The van der Waals surface area contributed by atoms with Crippen molar-refractivity contribution >= 4 is 17.2 Å². The van der Waals surface area contributed by atoms with E-state index in [1.807, 2.05) is 43.3 Å². The van der Waals surface area contributed by atoms with Crippen LogP contribution < -0.4 is 9.63 Å². The number of pyridine rings is 1. The summed E-state index contributed by atoms with van der Waals surface area (Å²) in [6, 6.07) is 12.8. The van der Waals surface area contributed by atoms with E-state index in [1.54, 1.807) is 25.1 Å². The molecule has 0 unspecified atom stereocenters. The molecule has 0 spiro atoms. The lowest BCUT2D eigenvalue weighted by atomic mass is 10.3. The van der Waals surface area contributed by atoms with Crippen LogP contribution in [0.5, 0.6) is 0 Å². The van der Waals surface area contributed by atoms with Gasteiger partial charge in [0.25, 0.3) is 0 Å². The maximum atomic E-state index is 11.7. The molecule has 1 aromatic heterocycles. The number of aryl methyl sites for hydroxylation is 1. The second kappa shape index (κ2) is 5.48. The number of anilines is 1. The van der Waals surface area contributed by atoms with E-state index in [0.29, 0.717) is 11.4 Å². The molecular formula is C14H16N4O. The van der Waals surface area contributed by atoms with Crippen molar-refractivity contribution in [2.45, 2.75) is 6.92 Å². The molecular weight excluding hydrogens is 240 g/mol. The lowest BCUT2D eigenvalue weighted by molar-refractivity contribution is -0.598. The van der Waals surface area contributed by atoms with Crippen molar-refractivity contribution in [2.75, 3.05) is 19.0 Å². The number of benzene rings is 1. The Kier molecular flexibility index (Phi) is 3.75. The fourth-order valence-electron chi connectivity index (χ4n) is 1.59. The number of rotatable bonds is 3. The van der Waals surface area contributed by atoms with E-state index in [4.69, 9.17) is 0 Å². The Morgan fingerprint density at radius 2 is 1.68 bits per heavy atom. The Balaban J connectivity index is 2.20. The van der Waals surface area contributed by atoms with E-state index in [2.05, 4.69) is 10.2 Å². The van der Waals surface area contributed by atoms with Gasteiger partial charge in [-0.2, -0.15) is 0 Å². The summed E-state index contributed by atoms with van der Waals surface area (Å²) in [7, 11) is 3.95. The SMILES string of the molecule is Cc1cccc(N=Nc2ccc(N(C)C)cc2)[n+]1[O-]. The lowest BCUT2D eigenvalue weighted by Gasteiger charge is -2.11. The predicted molar refractivity (Wildman–Crippen MR) is 75.1 cm³/mol. The van der Waals surface area contributed by atoms with Crippen LogP contribution in [0.1, 0.15) is 5.69 Å². The Morgan fingerprint density at radius 3 is 2.32 bits per heavy atom. The monoisotopic (exact) mass is 256 g/mol. The number of aromatic nitrogens is 1. The average molecular weight is 256 g/mol. The molecule has 19 heavy (non-hydrogen) atoms. The molecule has 5 heteroatoms. The van der Waals surface area contributed by atoms with Gasteiger partial charge in [-0.25, -0.2) is 4.73 Å². The molecule has 2 aromatic rings. The van der Waals surface area contributed by atoms with Crippen molar-refractivity contribution in [3.05, 3.63) is 53.4 Å². The van der Waals surface area contributed by atoms with Crippen LogP contribution in [0.4, 0.5) is 17.2 Å². The molecule has 0 aliphatic rings. The van der Waals surface area contributed by atoms with Crippen LogP contribution in [-0.2, 0) is 0 Å². The highest BCUT2D eigenvalue weighted by Gasteiger charge is 2.05. The molecule has 98 valence electrons. The number of hydrogen-bond acceptors (Lipinski definition) is 4. The van der Waals surface area contributed by atoms with Crippen molar-refractivity contribution in [2.24, 2.45) is 10.2 Å². The van der Waals surface area contributed by atoms with Crippen molar-refractivity contribution in [1.29, 1.82) is 0 Å². The Hall–Kier alpha value is -2.43. The first-order valence-electron chi connectivity index (χ1n) is 5.96. The molecule has 0 bridgehead atoms. The summed E-state index contributed by atoms with van der Waals surface area (Å²) < 4.78 is 0.762. The van der Waals surface area contributed by atoms with Gasteiger partial charge in [-0.15, -0.1) is 0 Å². The summed E-state index contributed by atoms with van der Waals surface area (Å²) in [6.45, 7) is 1.73. The molecule has 0 fully saturated rings. The summed E-state index contributed by atoms with van der Waals surface area (Å²) in [5.74, 6) is 0.289. The summed E-state index contributed by atoms with van der Waals surface area (Å²) >= 11 is 0. The van der Waals surface area contributed by atoms with Gasteiger partial charge >= 0.3 is 5.82 Å². The zero-order valence-electron chi connectivity index (χ0n) is 11.2. The summed E-state index contributed by atoms with van der Waals surface area (Å²) in [4.78, 5) is 2.01. The van der Waals surface area contributed by atoms with Gasteiger partial charge in [-0.1, -0.05) is 0 Å². The van der Waals surface area contributed by atoms with Gasteiger partial charge in [0, 0.05) is 25.8 Å². The van der Waals surface area contributed by atoms with Crippen LogP contribution in [0.2, 0.25) is 0 Å². The number of hydrogen-bond donors (Lipinski definition) is 0. The molecule has 0 saturated heterocycles. The van der Waals surface area contributed by atoms with Crippen LogP contribution in [0.3, 0.4) is 0 Å². The molecule has 0 aliphatic heterocycles. The fourth-order valence-corrected chi connectivity index (χ4v) is 1.59. The van der Waals surface area contributed by atoms with E-state index in [9.17, 15) is 5.21 Å². The van der Waals surface area contributed by atoms with Crippen LogP contribution in [-0.4, -0.2) is 14.1 Å². The van der Waals surface area contributed by atoms with Crippen LogP contribution in [0.15, 0.2) is 52.7 Å². The highest BCUT2D eigenvalue weighted by molar-refractivity contribution is 5.51. The van der Waals surface area contributed by atoms with Gasteiger partial charge in [0.1, 0.15) is 11.4 Å². The second-order valence-electron chi connectivity index (χ2n) is 4.43. The highest BCUT2D eigenvalue weighted by atomic mass is 16.5. The topological polar surface area (TPSA) is 54.9 Å². The molecule has 5 nitrogen and oxygen atoms in total. The third-order valence-electron chi connectivity index (χ3n) is 2.75. The minimum atomic E-state index is 0.289. The molecule has 1 heterocycles. The van der Waals surface area contributed by atoms with E-state index < -0.39 is 0 Å². The molecule has 1 aromatic carbocycles. The lowest BCUT2D eigenvalue weighted by Crippen LogP contribution is -2.29. The van der Waals surface area contributed by atoms with E-state index >= 15 is 0 Å². The van der Waals surface area contributed by atoms with Gasteiger partial charge in [-0.05, 0) is 48.4 Å². The fraction of sp³-hybridized carbons (Fsp3) is 0.214. The van der Waals surface area contributed by atoms with Gasteiger partial charge in [0.05, 0.1) is 5.11 Å². The molecule has 0 amide bonds. The molecule has 0 aliphatic carbocycles. The first kappa shape index (κ1) is 13.0. The standard InChI is InChI=1S/C14H16N4O/c1-11-5-4-6-14(18(11)19)16-15-12-7-9-13(10-8-12)17(2)3/h4-10H,1-3H3. The number of azo groups is 1. The Bertz CT molecular complexity index is 591. The summed E-state index contributed by atoms with van der Waals surface area (Å²) in [5.41, 5.74) is 2.40. The molecule has 0 saturated carbocycles. The predicted octanol–water partition coefficient (Wildman–Crippen LogP) is 3.11. The highest BCUT2D eigenvalue weighted by Crippen LogP contribution is 2.19. The van der Waals surface area contributed by atoms with Gasteiger partial charge in [0.15, 0.2) is 0 Å². The smallest absolute Gasteiger partial charge is 0.353 e. The molecule has 0 N–H and O–H groups in total. The zero-order valence-corrected chi connectivity index (χ0v) is 11.2. The largest absolute Gasteiger partial charge is 0.710 e. The maximum Gasteiger partial charge on any atom is 0.353 e. The maximum absolute atomic E-state index is 11.7. The van der Waals surface area contributed by atoms with Crippen LogP contribution in [0.25, 0.3) is 0 Å². The Labute approximate surface area is 112 Å². The van der Waals surface area contributed by atoms with Gasteiger partial charge < -0.3 is 10.1 Å². The van der Waals surface area contributed by atoms with E-state index in [0.717, 1.165) is 10.4 Å². The van der Waals surface area contributed by atoms with Crippen molar-refractivity contribution in [3.8, 4) is 0 Å². The summed E-state index contributed by atoms with van der Waals surface area (Å²) in [6.07, 6.45) is 0. The summed E-state index contributed by atoms with van der Waals surface area (Å²) in [5, 5.41) is 19.7. The number of nitrogens with zero attached hydrogens (tertiary/aromatic N) is 4. The minimum Gasteiger partial charge on any atom is -0.710 e. The minimum absolute atomic E-state index is 0.289. The van der Waals surface area contributed by atoms with Gasteiger partial charge in [-0.3, -0.25) is 0 Å². The average Bonchev–Trinajstić information content (AvgIpc) is 2.41. The first-order chi connectivity index (χ1) is 9.08. The third-order valence-corrected chi connectivity index (χ3v) is 2.75. The second-order valence-corrected chi connectivity index (χ2v) is 4.43. The molecule has 0 atom stereocenters. The van der Waals surface area contributed by atoms with Crippen LogP contribution >= 0.6 is 0 Å². The quantitative estimate of drug-likeness (QED) is 0.481. The van der Waals surface area contributed by atoms with E-state index in [-0.39, 0.29) is 5.82 Å². The van der Waals surface area contributed by atoms with Crippen LogP contribution in [0, 0.1) is 12.1 Å². The van der Waals surface area contributed by atoms with E-state index in [1.165, 1.54) is 0 Å². The normalized spacial score (nSPS) is 10.9. The van der Waals surface area contributed by atoms with Crippen molar-refractivity contribution in [3.63, 3.8) is 0 Å². The third kappa shape index (κ3) is 3.07. The molecule has 0 radical (unpaired) electrons. The van der Waals surface area contributed by atoms with Gasteiger partial charge in [0.2, 0.25) is 0 Å². The zero-order chi connectivity index (χ0) is 13.8. The Morgan fingerprint density at radius 1 is 1.00 bits per heavy atom. The van der Waals surface area contributed by atoms with Crippen molar-refractivity contribution in [1.82, 2.24) is 0 Å². The van der Waals surface area contributed by atoms with Crippen molar-refractivity contribution < 1.29 is 4.73 Å².